The highest BCUT2D eigenvalue weighted by atomic mass is 35.5. The molecule has 0 amide bonds. The van der Waals surface area contributed by atoms with E-state index in [9.17, 15) is 0 Å². The fraction of sp³-hybridized carbons (Fsp3) is 0.294. The van der Waals surface area contributed by atoms with Gasteiger partial charge < -0.3 is 10.4 Å². The molecule has 0 radical (unpaired) electrons. The zero-order valence-corrected chi connectivity index (χ0v) is 12.4. The van der Waals surface area contributed by atoms with Crippen molar-refractivity contribution in [2.75, 3.05) is 11.9 Å². The van der Waals surface area contributed by atoms with Gasteiger partial charge in [-0.25, -0.2) is 0 Å². The summed E-state index contributed by atoms with van der Waals surface area (Å²) in [6.45, 7) is 2.35. The minimum atomic E-state index is 0.196. The van der Waals surface area contributed by atoms with Crippen LogP contribution in [0.25, 0.3) is 0 Å². The van der Waals surface area contributed by atoms with Crippen molar-refractivity contribution in [2.24, 2.45) is 0 Å². The highest BCUT2D eigenvalue weighted by Gasteiger charge is 2.06. The number of anilines is 1. The van der Waals surface area contributed by atoms with Gasteiger partial charge in [-0.05, 0) is 55.2 Å². The number of rotatable bonds is 6. The highest BCUT2D eigenvalue weighted by Crippen LogP contribution is 2.22. The molecular formula is C17H20ClNO. The van der Waals surface area contributed by atoms with Crippen LogP contribution in [0.3, 0.4) is 0 Å². The van der Waals surface area contributed by atoms with Gasteiger partial charge in [-0.1, -0.05) is 35.9 Å². The first-order valence-corrected chi connectivity index (χ1v) is 7.28. The van der Waals surface area contributed by atoms with Crippen molar-refractivity contribution in [1.29, 1.82) is 0 Å². The molecule has 0 aliphatic rings. The third kappa shape index (κ3) is 4.26. The summed E-state index contributed by atoms with van der Waals surface area (Å²) >= 11 is 6.02. The second kappa shape index (κ2) is 7.32. The van der Waals surface area contributed by atoms with E-state index in [1.165, 1.54) is 11.1 Å². The van der Waals surface area contributed by atoms with E-state index >= 15 is 0 Å². The Kier molecular flexibility index (Phi) is 5.45. The molecule has 0 saturated heterocycles. The second-order valence-corrected chi connectivity index (χ2v) is 5.39. The van der Waals surface area contributed by atoms with E-state index in [0.717, 1.165) is 23.6 Å². The van der Waals surface area contributed by atoms with Crippen LogP contribution in [-0.4, -0.2) is 11.7 Å². The van der Waals surface area contributed by atoms with Crippen molar-refractivity contribution in [3.63, 3.8) is 0 Å². The van der Waals surface area contributed by atoms with Crippen LogP contribution in [0.4, 0.5) is 5.69 Å². The van der Waals surface area contributed by atoms with Gasteiger partial charge in [0.1, 0.15) is 0 Å². The molecule has 0 aromatic heterocycles. The summed E-state index contributed by atoms with van der Waals surface area (Å²) in [6.07, 6.45) is 1.70. The lowest BCUT2D eigenvalue weighted by Gasteiger charge is -2.16. The Morgan fingerprint density at radius 1 is 1.15 bits per heavy atom. The van der Waals surface area contributed by atoms with Gasteiger partial charge in [-0.2, -0.15) is 0 Å². The van der Waals surface area contributed by atoms with Crippen LogP contribution in [0.15, 0.2) is 48.5 Å². The topological polar surface area (TPSA) is 32.3 Å². The van der Waals surface area contributed by atoms with Crippen LogP contribution in [-0.2, 0) is 6.42 Å². The van der Waals surface area contributed by atoms with E-state index in [2.05, 4.69) is 36.5 Å². The molecule has 106 valence electrons. The highest BCUT2D eigenvalue weighted by molar-refractivity contribution is 6.30. The lowest BCUT2D eigenvalue weighted by Crippen LogP contribution is -2.06. The Labute approximate surface area is 125 Å². The number of aliphatic hydroxyl groups is 1. The molecule has 2 rings (SSSR count). The Bertz CT molecular complexity index is 556. The molecule has 3 heteroatoms. The summed E-state index contributed by atoms with van der Waals surface area (Å²) < 4.78 is 0. The van der Waals surface area contributed by atoms with Crippen LogP contribution in [0.1, 0.15) is 30.5 Å². The first kappa shape index (κ1) is 14.9. The van der Waals surface area contributed by atoms with Crippen LogP contribution in [0.2, 0.25) is 5.02 Å². The van der Waals surface area contributed by atoms with Gasteiger partial charge in [-0.15, -0.1) is 0 Å². The summed E-state index contributed by atoms with van der Waals surface area (Å²) in [7, 11) is 0. The third-order valence-electron chi connectivity index (χ3n) is 3.28. The van der Waals surface area contributed by atoms with Crippen LogP contribution < -0.4 is 5.32 Å². The fourth-order valence-corrected chi connectivity index (χ4v) is 2.41. The predicted molar refractivity (Wildman–Crippen MR) is 85.3 cm³/mol. The number of benzene rings is 2. The van der Waals surface area contributed by atoms with E-state index in [0.29, 0.717) is 0 Å². The first-order chi connectivity index (χ1) is 9.69. The van der Waals surface area contributed by atoms with Crippen molar-refractivity contribution in [3.8, 4) is 0 Å². The molecule has 1 atom stereocenters. The maximum atomic E-state index is 8.89. The summed E-state index contributed by atoms with van der Waals surface area (Å²) in [4.78, 5) is 0. The van der Waals surface area contributed by atoms with Gasteiger partial charge in [0, 0.05) is 23.4 Å². The molecule has 0 fully saturated rings. The standard InChI is InChI=1S/C17H20ClNO/c1-13(15-7-3-8-16(18)12-15)19-17-9-2-5-14(11-17)6-4-10-20/h2-3,5,7-9,11-13,19-20H,4,6,10H2,1H3. The molecule has 0 heterocycles. The summed E-state index contributed by atoms with van der Waals surface area (Å²) in [6, 6.07) is 16.4. The zero-order chi connectivity index (χ0) is 14.4. The molecule has 2 aromatic carbocycles. The van der Waals surface area contributed by atoms with Gasteiger partial charge in [0.05, 0.1) is 0 Å². The molecule has 0 aliphatic carbocycles. The van der Waals surface area contributed by atoms with Crippen LogP contribution >= 0.6 is 11.6 Å². The quantitative estimate of drug-likeness (QED) is 0.824. The molecule has 2 N–H and O–H groups in total. The maximum Gasteiger partial charge on any atom is 0.0486 e. The molecule has 1 unspecified atom stereocenters. The Morgan fingerprint density at radius 3 is 2.70 bits per heavy atom. The van der Waals surface area contributed by atoms with E-state index < -0.39 is 0 Å². The zero-order valence-electron chi connectivity index (χ0n) is 11.6. The monoisotopic (exact) mass is 289 g/mol. The van der Waals surface area contributed by atoms with Crippen LogP contribution in [0.5, 0.6) is 0 Å². The molecule has 2 nitrogen and oxygen atoms in total. The number of nitrogens with one attached hydrogen (secondary N) is 1. The average molecular weight is 290 g/mol. The van der Waals surface area contributed by atoms with E-state index in [4.69, 9.17) is 16.7 Å². The number of aryl methyl sites for hydroxylation is 1. The Morgan fingerprint density at radius 2 is 1.95 bits per heavy atom. The Hall–Kier alpha value is -1.51. The number of hydrogen-bond acceptors (Lipinski definition) is 2. The van der Waals surface area contributed by atoms with Crippen molar-refractivity contribution in [2.45, 2.75) is 25.8 Å². The van der Waals surface area contributed by atoms with Gasteiger partial charge in [0.15, 0.2) is 0 Å². The van der Waals surface area contributed by atoms with Crippen molar-refractivity contribution < 1.29 is 5.11 Å². The molecular weight excluding hydrogens is 270 g/mol. The van der Waals surface area contributed by atoms with Gasteiger partial charge in [0.25, 0.3) is 0 Å². The van der Waals surface area contributed by atoms with Gasteiger partial charge >= 0.3 is 0 Å². The van der Waals surface area contributed by atoms with Crippen molar-refractivity contribution >= 4 is 17.3 Å². The number of halogens is 1. The smallest absolute Gasteiger partial charge is 0.0486 e. The molecule has 0 bridgehead atoms. The summed E-state index contributed by atoms with van der Waals surface area (Å²) in [5.74, 6) is 0. The van der Waals surface area contributed by atoms with E-state index in [1.54, 1.807) is 0 Å². The average Bonchev–Trinajstić information content (AvgIpc) is 2.45. The summed E-state index contributed by atoms with van der Waals surface area (Å²) in [5, 5.41) is 13.1. The minimum absolute atomic E-state index is 0.196. The largest absolute Gasteiger partial charge is 0.396 e. The normalized spacial score (nSPS) is 12.2. The van der Waals surface area contributed by atoms with Crippen molar-refractivity contribution in [1.82, 2.24) is 0 Å². The molecule has 20 heavy (non-hydrogen) atoms. The van der Waals surface area contributed by atoms with E-state index in [1.807, 2.05) is 24.3 Å². The number of aliphatic hydroxyl groups excluding tert-OH is 1. The lowest BCUT2D eigenvalue weighted by molar-refractivity contribution is 0.288. The SMILES string of the molecule is CC(Nc1cccc(CCCO)c1)c1cccc(Cl)c1. The first-order valence-electron chi connectivity index (χ1n) is 6.91. The van der Waals surface area contributed by atoms with Crippen LogP contribution in [0, 0.1) is 0 Å². The van der Waals surface area contributed by atoms with Crippen molar-refractivity contribution in [3.05, 3.63) is 64.7 Å². The van der Waals surface area contributed by atoms with Gasteiger partial charge in [0.2, 0.25) is 0 Å². The predicted octanol–water partition coefficient (Wildman–Crippen LogP) is 4.44. The number of hydrogen-bond donors (Lipinski definition) is 2. The molecule has 0 aliphatic heterocycles. The lowest BCUT2D eigenvalue weighted by atomic mass is 10.1. The van der Waals surface area contributed by atoms with E-state index in [-0.39, 0.29) is 12.6 Å². The third-order valence-corrected chi connectivity index (χ3v) is 3.52. The maximum absolute atomic E-state index is 8.89. The summed E-state index contributed by atoms with van der Waals surface area (Å²) in [5.41, 5.74) is 3.49. The van der Waals surface area contributed by atoms with Gasteiger partial charge in [-0.3, -0.25) is 0 Å². The second-order valence-electron chi connectivity index (χ2n) is 4.95. The Balaban J connectivity index is 2.05. The minimum Gasteiger partial charge on any atom is -0.396 e. The molecule has 0 spiro atoms. The fourth-order valence-electron chi connectivity index (χ4n) is 2.21. The molecule has 2 aromatic rings. The molecule has 0 saturated carbocycles.